The summed E-state index contributed by atoms with van der Waals surface area (Å²) in [6, 6.07) is 10.3. The third-order valence-corrected chi connectivity index (χ3v) is 5.21. The van der Waals surface area contributed by atoms with Crippen LogP contribution in [0.2, 0.25) is 0 Å². The van der Waals surface area contributed by atoms with Gasteiger partial charge in [-0.15, -0.1) is 0 Å². The number of hydrogen-bond donors (Lipinski definition) is 3. The van der Waals surface area contributed by atoms with Crippen LogP contribution in [0.3, 0.4) is 0 Å². The zero-order valence-electron chi connectivity index (χ0n) is 11.6. The zero-order chi connectivity index (χ0) is 15.6. The Morgan fingerprint density at radius 1 is 1.00 bits per heavy atom. The number of hydrogen-bond acceptors (Lipinski definition) is 4. The van der Waals surface area contributed by atoms with Crippen LogP contribution < -0.4 is 16.0 Å². The SMILES string of the molecule is Cc1cc(NN)cc(C)c1S(=O)(=O)Nc1ccc(Br)cc1. The van der Waals surface area contributed by atoms with Gasteiger partial charge < -0.3 is 5.43 Å². The predicted octanol–water partition coefficient (Wildman–Crippen LogP) is 3.15. The van der Waals surface area contributed by atoms with Gasteiger partial charge in [0.05, 0.1) is 4.90 Å². The molecule has 0 atom stereocenters. The normalized spacial score (nSPS) is 11.2. The molecule has 0 bridgehead atoms. The van der Waals surface area contributed by atoms with Crippen LogP contribution in [0.25, 0.3) is 0 Å². The maximum Gasteiger partial charge on any atom is 0.262 e. The molecule has 0 aromatic heterocycles. The lowest BCUT2D eigenvalue weighted by molar-refractivity contribution is 0.600. The lowest BCUT2D eigenvalue weighted by atomic mass is 10.1. The number of sulfonamides is 1. The Kier molecular flexibility index (Phi) is 4.55. The van der Waals surface area contributed by atoms with Gasteiger partial charge in [0.15, 0.2) is 0 Å². The molecule has 0 aliphatic carbocycles. The van der Waals surface area contributed by atoms with Gasteiger partial charge in [0.25, 0.3) is 10.0 Å². The van der Waals surface area contributed by atoms with Gasteiger partial charge >= 0.3 is 0 Å². The molecule has 0 aliphatic rings. The Morgan fingerprint density at radius 2 is 1.52 bits per heavy atom. The molecule has 112 valence electrons. The minimum Gasteiger partial charge on any atom is -0.324 e. The summed E-state index contributed by atoms with van der Waals surface area (Å²) in [4.78, 5) is 0.268. The summed E-state index contributed by atoms with van der Waals surface area (Å²) in [6.45, 7) is 3.48. The van der Waals surface area contributed by atoms with Crippen LogP contribution in [0.5, 0.6) is 0 Å². The first-order chi connectivity index (χ1) is 9.83. The highest BCUT2D eigenvalue weighted by Crippen LogP contribution is 2.26. The summed E-state index contributed by atoms with van der Waals surface area (Å²) in [6.07, 6.45) is 0. The van der Waals surface area contributed by atoms with E-state index in [1.807, 2.05) is 0 Å². The summed E-state index contributed by atoms with van der Waals surface area (Å²) in [5.41, 5.74) is 4.97. The Hall–Kier alpha value is -1.57. The van der Waals surface area contributed by atoms with E-state index in [0.717, 1.165) is 4.47 Å². The molecule has 0 saturated carbocycles. The van der Waals surface area contributed by atoms with Crippen LogP contribution >= 0.6 is 15.9 Å². The van der Waals surface area contributed by atoms with E-state index in [1.165, 1.54) is 0 Å². The first-order valence-electron chi connectivity index (χ1n) is 6.20. The summed E-state index contributed by atoms with van der Waals surface area (Å²) in [7, 11) is -3.65. The summed E-state index contributed by atoms with van der Waals surface area (Å²) in [5, 5.41) is 0. The molecule has 0 amide bonds. The molecule has 2 rings (SSSR count). The Balaban J connectivity index is 2.42. The van der Waals surface area contributed by atoms with Crippen LogP contribution in [0, 0.1) is 13.8 Å². The number of benzene rings is 2. The fourth-order valence-electron chi connectivity index (χ4n) is 2.18. The fourth-order valence-corrected chi connectivity index (χ4v) is 3.96. The minimum absolute atomic E-state index is 0.268. The van der Waals surface area contributed by atoms with Gasteiger partial charge in [-0.3, -0.25) is 10.6 Å². The maximum absolute atomic E-state index is 12.6. The first-order valence-corrected chi connectivity index (χ1v) is 8.47. The smallest absolute Gasteiger partial charge is 0.262 e. The molecule has 2 aromatic rings. The van der Waals surface area contributed by atoms with Crippen molar-refractivity contribution in [3.05, 3.63) is 52.0 Å². The minimum atomic E-state index is -3.65. The van der Waals surface area contributed by atoms with Crippen molar-refractivity contribution in [2.75, 3.05) is 10.1 Å². The topological polar surface area (TPSA) is 84.2 Å². The maximum atomic E-state index is 12.6. The molecular weight excluding hydrogens is 354 g/mol. The second-order valence-corrected chi connectivity index (χ2v) is 7.23. The second-order valence-electron chi connectivity index (χ2n) is 4.70. The van der Waals surface area contributed by atoms with Crippen molar-refractivity contribution in [3.8, 4) is 0 Å². The quantitative estimate of drug-likeness (QED) is 0.570. The number of rotatable bonds is 4. The van der Waals surface area contributed by atoms with E-state index < -0.39 is 10.0 Å². The van der Waals surface area contributed by atoms with E-state index in [2.05, 4.69) is 26.1 Å². The summed E-state index contributed by atoms with van der Waals surface area (Å²) >= 11 is 3.31. The number of nitrogen functional groups attached to an aromatic ring is 1. The molecule has 0 spiro atoms. The highest BCUT2D eigenvalue weighted by atomic mass is 79.9. The van der Waals surface area contributed by atoms with E-state index in [0.29, 0.717) is 22.5 Å². The monoisotopic (exact) mass is 369 g/mol. The highest BCUT2D eigenvalue weighted by molar-refractivity contribution is 9.10. The standard InChI is InChI=1S/C14H16BrN3O2S/c1-9-7-13(17-16)8-10(2)14(9)21(19,20)18-12-5-3-11(15)4-6-12/h3-8,17-18H,16H2,1-2H3. The van der Waals surface area contributed by atoms with Gasteiger partial charge in [0.2, 0.25) is 0 Å². The largest absolute Gasteiger partial charge is 0.324 e. The molecule has 4 N–H and O–H groups in total. The average molecular weight is 370 g/mol. The van der Waals surface area contributed by atoms with Crippen LogP contribution in [-0.2, 0) is 10.0 Å². The van der Waals surface area contributed by atoms with Crippen LogP contribution in [0.15, 0.2) is 45.8 Å². The van der Waals surface area contributed by atoms with E-state index in [4.69, 9.17) is 5.84 Å². The fraction of sp³-hybridized carbons (Fsp3) is 0.143. The number of aryl methyl sites for hydroxylation is 2. The van der Waals surface area contributed by atoms with Crippen LogP contribution in [-0.4, -0.2) is 8.42 Å². The average Bonchev–Trinajstić information content (AvgIpc) is 2.39. The van der Waals surface area contributed by atoms with Gasteiger partial charge in [-0.05, 0) is 61.4 Å². The van der Waals surface area contributed by atoms with E-state index in [9.17, 15) is 8.42 Å². The third kappa shape index (κ3) is 3.55. The van der Waals surface area contributed by atoms with Crippen molar-refractivity contribution in [1.29, 1.82) is 0 Å². The molecule has 0 saturated heterocycles. The number of hydrazine groups is 1. The van der Waals surface area contributed by atoms with Crippen LogP contribution in [0.4, 0.5) is 11.4 Å². The third-order valence-electron chi connectivity index (χ3n) is 2.99. The Morgan fingerprint density at radius 3 is 2.00 bits per heavy atom. The molecule has 7 heteroatoms. The lowest BCUT2D eigenvalue weighted by Gasteiger charge is -2.14. The van der Waals surface area contributed by atoms with Gasteiger partial charge in [-0.1, -0.05) is 15.9 Å². The number of nitrogens with one attached hydrogen (secondary N) is 2. The van der Waals surface area contributed by atoms with Crippen molar-refractivity contribution in [3.63, 3.8) is 0 Å². The van der Waals surface area contributed by atoms with Gasteiger partial charge in [0.1, 0.15) is 0 Å². The molecule has 21 heavy (non-hydrogen) atoms. The second kappa shape index (κ2) is 6.05. The Bertz CT molecular complexity index is 735. The van der Waals surface area contributed by atoms with Crippen LogP contribution in [0.1, 0.15) is 11.1 Å². The van der Waals surface area contributed by atoms with E-state index >= 15 is 0 Å². The Labute approximate surface area is 132 Å². The molecule has 5 nitrogen and oxygen atoms in total. The molecule has 0 aliphatic heterocycles. The van der Waals surface area contributed by atoms with Gasteiger partial charge in [-0.2, -0.15) is 0 Å². The number of halogens is 1. The van der Waals surface area contributed by atoms with E-state index in [-0.39, 0.29) is 4.90 Å². The predicted molar refractivity (Wildman–Crippen MR) is 88.7 cm³/mol. The van der Waals surface area contributed by atoms with Crippen molar-refractivity contribution in [1.82, 2.24) is 0 Å². The van der Waals surface area contributed by atoms with Crippen molar-refractivity contribution in [2.45, 2.75) is 18.7 Å². The molecule has 0 radical (unpaired) electrons. The van der Waals surface area contributed by atoms with Gasteiger partial charge in [0, 0.05) is 15.8 Å². The molecule has 0 unspecified atom stereocenters. The summed E-state index contributed by atoms with van der Waals surface area (Å²) in [5.74, 6) is 5.36. The summed E-state index contributed by atoms with van der Waals surface area (Å²) < 4.78 is 28.6. The number of anilines is 2. The molecule has 0 heterocycles. The molecular formula is C14H16BrN3O2S. The van der Waals surface area contributed by atoms with Gasteiger partial charge in [-0.25, -0.2) is 8.42 Å². The molecule has 2 aromatic carbocycles. The first kappa shape index (κ1) is 15.8. The highest BCUT2D eigenvalue weighted by Gasteiger charge is 2.20. The zero-order valence-corrected chi connectivity index (χ0v) is 14.0. The van der Waals surface area contributed by atoms with E-state index in [1.54, 1.807) is 50.2 Å². The number of nitrogens with two attached hydrogens (primary N) is 1. The van der Waals surface area contributed by atoms with Crippen molar-refractivity contribution >= 4 is 37.3 Å². The van der Waals surface area contributed by atoms with Crippen molar-refractivity contribution in [2.24, 2.45) is 5.84 Å². The van der Waals surface area contributed by atoms with Crippen molar-refractivity contribution < 1.29 is 8.42 Å². The lowest BCUT2D eigenvalue weighted by Crippen LogP contribution is -2.16. The molecule has 0 fully saturated rings.